The van der Waals surface area contributed by atoms with Crippen molar-refractivity contribution in [3.05, 3.63) is 11.9 Å². The molecule has 1 fully saturated rings. The van der Waals surface area contributed by atoms with Gasteiger partial charge in [-0.1, -0.05) is 12.1 Å². The van der Waals surface area contributed by atoms with Crippen LogP contribution in [0.3, 0.4) is 0 Å². The number of hydrogen-bond acceptors (Lipinski definition) is 3. The van der Waals surface area contributed by atoms with E-state index in [-0.39, 0.29) is 0 Å². The summed E-state index contributed by atoms with van der Waals surface area (Å²) in [5, 5.41) is 11.7. The molecule has 2 rings (SSSR count). The molecule has 1 saturated carbocycles. The zero-order valence-electron chi connectivity index (χ0n) is 9.61. The Morgan fingerprint density at radius 1 is 1.60 bits per heavy atom. The number of aromatic nitrogens is 3. The lowest BCUT2D eigenvalue weighted by atomic mass is 10.3. The van der Waals surface area contributed by atoms with E-state index < -0.39 is 0 Å². The summed E-state index contributed by atoms with van der Waals surface area (Å²) >= 11 is 0. The normalized spacial score (nSPS) is 18.0. The molecule has 0 spiro atoms. The van der Waals surface area contributed by atoms with Gasteiger partial charge in [0.25, 0.3) is 0 Å². The van der Waals surface area contributed by atoms with Gasteiger partial charge in [-0.15, -0.1) is 5.10 Å². The summed E-state index contributed by atoms with van der Waals surface area (Å²) in [6.45, 7) is 6.32. The molecule has 84 valence electrons. The van der Waals surface area contributed by atoms with Crippen LogP contribution < -0.4 is 5.32 Å². The quantitative estimate of drug-likeness (QED) is 0.774. The number of rotatable bonds is 6. The SMILES string of the molecule is CCC(C)n1cc(CNCC2CC2)nn1. The lowest BCUT2D eigenvalue weighted by Gasteiger charge is -2.06. The van der Waals surface area contributed by atoms with Crippen LogP contribution in [-0.2, 0) is 6.54 Å². The predicted molar refractivity (Wildman–Crippen MR) is 59.5 cm³/mol. The molecule has 0 amide bonds. The lowest BCUT2D eigenvalue weighted by Crippen LogP contribution is -2.16. The van der Waals surface area contributed by atoms with Gasteiger partial charge in [-0.05, 0) is 38.6 Å². The smallest absolute Gasteiger partial charge is 0.0964 e. The summed E-state index contributed by atoms with van der Waals surface area (Å²) in [5.41, 5.74) is 1.05. The molecule has 0 bridgehead atoms. The Morgan fingerprint density at radius 3 is 3.07 bits per heavy atom. The molecule has 4 heteroatoms. The van der Waals surface area contributed by atoms with E-state index in [1.54, 1.807) is 0 Å². The first-order chi connectivity index (χ1) is 7.29. The largest absolute Gasteiger partial charge is 0.311 e. The maximum atomic E-state index is 4.15. The second kappa shape index (κ2) is 4.75. The molecule has 1 aromatic heterocycles. The van der Waals surface area contributed by atoms with Crippen molar-refractivity contribution in [1.82, 2.24) is 20.3 Å². The number of hydrogen-bond donors (Lipinski definition) is 1. The standard InChI is InChI=1S/C11H20N4/c1-3-9(2)15-8-11(13-14-15)7-12-6-10-4-5-10/h8-10,12H,3-7H2,1-2H3. The van der Waals surface area contributed by atoms with E-state index in [9.17, 15) is 0 Å². The van der Waals surface area contributed by atoms with Gasteiger partial charge in [-0.2, -0.15) is 0 Å². The fraction of sp³-hybridized carbons (Fsp3) is 0.818. The van der Waals surface area contributed by atoms with Crippen molar-refractivity contribution in [3.8, 4) is 0 Å². The second-order valence-corrected chi connectivity index (χ2v) is 4.52. The topological polar surface area (TPSA) is 42.7 Å². The van der Waals surface area contributed by atoms with E-state index in [1.165, 1.54) is 12.8 Å². The third kappa shape index (κ3) is 3.02. The van der Waals surface area contributed by atoms with Crippen molar-refractivity contribution in [2.45, 2.75) is 45.7 Å². The van der Waals surface area contributed by atoms with Gasteiger partial charge in [0, 0.05) is 6.54 Å². The van der Waals surface area contributed by atoms with Crippen LogP contribution in [0.1, 0.15) is 44.8 Å². The third-order valence-electron chi connectivity index (χ3n) is 3.04. The zero-order valence-corrected chi connectivity index (χ0v) is 9.61. The molecule has 15 heavy (non-hydrogen) atoms. The molecule has 1 unspecified atom stereocenters. The second-order valence-electron chi connectivity index (χ2n) is 4.52. The minimum Gasteiger partial charge on any atom is -0.311 e. The Morgan fingerprint density at radius 2 is 2.40 bits per heavy atom. The first kappa shape index (κ1) is 10.6. The molecule has 1 heterocycles. The maximum Gasteiger partial charge on any atom is 0.0964 e. The van der Waals surface area contributed by atoms with E-state index in [1.807, 2.05) is 10.9 Å². The van der Waals surface area contributed by atoms with Gasteiger partial charge in [0.1, 0.15) is 0 Å². The van der Waals surface area contributed by atoms with Crippen molar-refractivity contribution >= 4 is 0 Å². The van der Waals surface area contributed by atoms with Crippen LogP contribution >= 0.6 is 0 Å². The Labute approximate surface area is 91.1 Å². The highest BCUT2D eigenvalue weighted by molar-refractivity contribution is 4.93. The van der Waals surface area contributed by atoms with Crippen molar-refractivity contribution in [1.29, 1.82) is 0 Å². The van der Waals surface area contributed by atoms with Crippen LogP contribution in [0.2, 0.25) is 0 Å². The van der Waals surface area contributed by atoms with Gasteiger partial charge in [0.2, 0.25) is 0 Å². The highest BCUT2D eigenvalue weighted by Gasteiger charge is 2.20. The van der Waals surface area contributed by atoms with Gasteiger partial charge in [0.15, 0.2) is 0 Å². The molecular formula is C11H20N4. The molecule has 1 aromatic rings. The summed E-state index contributed by atoms with van der Waals surface area (Å²) in [7, 11) is 0. The summed E-state index contributed by atoms with van der Waals surface area (Å²) < 4.78 is 1.95. The Balaban J connectivity index is 1.77. The molecule has 1 aliphatic carbocycles. The molecule has 0 radical (unpaired) electrons. The summed E-state index contributed by atoms with van der Waals surface area (Å²) in [6.07, 6.45) is 5.94. The molecule has 0 aromatic carbocycles. The average Bonchev–Trinajstić information content (AvgIpc) is 2.94. The Hall–Kier alpha value is -0.900. The van der Waals surface area contributed by atoms with E-state index >= 15 is 0 Å². The number of nitrogens with zero attached hydrogens (tertiary/aromatic N) is 3. The molecule has 4 nitrogen and oxygen atoms in total. The minimum absolute atomic E-state index is 0.453. The molecule has 0 saturated heterocycles. The van der Waals surface area contributed by atoms with Crippen molar-refractivity contribution in [2.75, 3.05) is 6.54 Å². The van der Waals surface area contributed by atoms with Gasteiger partial charge in [-0.3, -0.25) is 0 Å². The fourth-order valence-corrected chi connectivity index (χ4v) is 1.52. The van der Waals surface area contributed by atoms with Gasteiger partial charge < -0.3 is 5.32 Å². The fourth-order valence-electron chi connectivity index (χ4n) is 1.52. The lowest BCUT2D eigenvalue weighted by molar-refractivity contribution is 0.464. The van der Waals surface area contributed by atoms with Crippen LogP contribution in [0.25, 0.3) is 0 Å². The Bertz CT molecular complexity index is 303. The number of nitrogens with one attached hydrogen (secondary N) is 1. The first-order valence-electron chi connectivity index (χ1n) is 5.91. The van der Waals surface area contributed by atoms with E-state index in [2.05, 4.69) is 29.5 Å². The van der Waals surface area contributed by atoms with Crippen LogP contribution in [0.15, 0.2) is 6.20 Å². The van der Waals surface area contributed by atoms with Crippen LogP contribution in [0.5, 0.6) is 0 Å². The van der Waals surface area contributed by atoms with Gasteiger partial charge in [0.05, 0.1) is 17.9 Å². The molecule has 1 atom stereocenters. The molecule has 1 aliphatic rings. The zero-order chi connectivity index (χ0) is 10.7. The van der Waals surface area contributed by atoms with E-state index in [0.29, 0.717) is 6.04 Å². The molecule has 1 N–H and O–H groups in total. The van der Waals surface area contributed by atoms with Gasteiger partial charge >= 0.3 is 0 Å². The summed E-state index contributed by atoms with van der Waals surface area (Å²) in [4.78, 5) is 0. The Kier molecular flexibility index (Phi) is 3.36. The third-order valence-corrected chi connectivity index (χ3v) is 3.04. The van der Waals surface area contributed by atoms with E-state index in [0.717, 1.165) is 31.1 Å². The van der Waals surface area contributed by atoms with Crippen molar-refractivity contribution < 1.29 is 0 Å². The minimum atomic E-state index is 0.453. The van der Waals surface area contributed by atoms with Crippen molar-refractivity contribution in [2.24, 2.45) is 5.92 Å². The summed E-state index contributed by atoms with van der Waals surface area (Å²) in [5.74, 6) is 0.926. The highest BCUT2D eigenvalue weighted by atomic mass is 15.4. The van der Waals surface area contributed by atoms with Crippen LogP contribution in [0.4, 0.5) is 0 Å². The van der Waals surface area contributed by atoms with E-state index in [4.69, 9.17) is 0 Å². The first-order valence-corrected chi connectivity index (χ1v) is 5.91. The predicted octanol–water partition coefficient (Wildman–Crippen LogP) is 1.75. The van der Waals surface area contributed by atoms with Crippen molar-refractivity contribution in [3.63, 3.8) is 0 Å². The summed E-state index contributed by atoms with van der Waals surface area (Å²) in [6, 6.07) is 0.453. The maximum absolute atomic E-state index is 4.15. The van der Waals surface area contributed by atoms with Crippen LogP contribution in [0, 0.1) is 5.92 Å². The molecular weight excluding hydrogens is 188 g/mol. The van der Waals surface area contributed by atoms with Gasteiger partial charge in [-0.25, -0.2) is 4.68 Å². The highest BCUT2D eigenvalue weighted by Crippen LogP contribution is 2.27. The molecule has 0 aliphatic heterocycles. The monoisotopic (exact) mass is 208 g/mol. The average molecular weight is 208 g/mol. The van der Waals surface area contributed by atoms with Crippen LogP contribution in [-0.4, -0.2) is 21.5 Å².